The SMILES string of the molecule is COc1cc2nc(-c3cc[nH]c(=O)c3)[nH]c2cc1OC. The summed E-state index contributed by atoms with van der Waals surface area (Å²) in [5.41, 5.74) is 2.12. The van der Waals surface area contributed by atoms with E-state index in [1.165, 1.54) is 6.07 Å². The zero-order valence-corrected chi connectivity index (χ0v) is 11.1. The zero-order chi connectivity index (χ0) is 14.1. The molecular weight excluding hydrogens is 258 g/mol. The number of pyridine rings is 1. The van der Waals surface area contributed by atoms with E-state index in [4.69, 9.17) is 9.47 Å². The van der Waals surface area contributed by atoms with Crippen LogP contribution in [0.4, 0.5) is 0 Å². The molecule has 2 aromatic heterocycles. The van der Waals surface area contributed by atoms with Crippen LogP contribution in [0.1, 0.15) is 0 Å². The van der Waals surface area contributed by atoms with Crippen molar-refractivity contribution >= 4 is 11.0 Å². The number of hydrogen-bond acceptors (Lipinski definition) is 4. The third-order valence-corrected chi connectivity index (χ3v) is 3.04. The fourth-order valence-electron chi connectivity index (χ4n) is 2.07. The van der Waals surface area contributed by atoms with Crippen LogP contribution < -0.4 is 15.0 Å². The first-order valence-corrected chi connectivity index (χ1v) is 6.02. The molecule has 0 aliphatic rings. The van der Waals surface area contributed by atoms with Gasteiger partial charge in [-0.2, -0.15) is 0 Å². The Kier molecular flexibility index (Phi) is 2.90. The van der Waals surface area contributed by atoms with Gasteiger partial charge in [0.05, 0.1) is 25.3 Å². The predicted molar refractivity (Wildman–Crippen MR) is 75.3 cm³/mol. The van der Waals surface area contributed by atoms with Crippen molar-refractivity contribution in [3.8, 4) is 22.9 Å². The number of nitrogens with one attached hydrogen (secondary N) is 2. The molecule has 20 heavy (non-hydrogen) atoms. The van der Waals surface area contributed by atoms with Crippen molar-refractivity contribution < 1.29 is 9.47 Å². The molecule has 0 radical (unpaired) electrons. The molecule has 1 aromatic carbocycles. The minimum atomic E-state index is -0.168. The van der Waals surface area contributed by atoms with Crippen LogP contribution in [0.25, 0.3) is 22.4 Å². The topological polar surface area (TPSA) is 80.0 Å². The number of imidazole rings is 1. The molecule has 6 nitrogen and oxygen atoms in total. The Balaban J connectivity index is 2.17. The molecule has 3 aromatic rings. The third kappa shape index (κ3) is 2.01. The van der Waals surface area contributed by atoms with Crippen molar-refractivity contribution in [3.05, 3.63) is 40.8 Å². The minimum absolute atomic E-state index is 0.168. The molecule has 0 bridgehead atoms. The maximum absolute atomic E-state index is 11.3. The van der Waals surface area contributed by atoms with Crippen LogP contribution in [0, 0.1) is 0 Å². The fraction of sp³-hybridized carbons (Fsp3) is 0.143. The highest BCUT2D eigenvalue weighted by Crippen LogP contribution is 2.32. The lowest BCUT2D eigenvalue weighted by molar-refractivity contribution is 0.356. The van der Waals surface area contributed by atoms with Crippen molar-refractivity contribution in [1.29, 1.82) is 0 Å². The van der Waals surface area contributed by atoms with Crippen molar-refractivity contribution in [1.82, 2.24) is 15.0 Å². The number of aromatic amines is 2. The van der Waals surface area contributed by atoms with E-state index in [2.05, 4.69) is 15.0 Å². The number of aromatic nitrogens is 3. The van der Waals surface area contributed by atoms with Gasteiger partial charge in [0.25, 0.3) is 0 Å². The lowest BCUT2D eigenvalue weighted by Gasteiger charge is -2.06. The molecule has 6 heteroatoms. The highest BCUT2D eigenvalue weighted by atomic mass is 16.5. The summed E-state index contributed by atoms with van der Waals surface area (Å²) in [5, 5.41) is 0. The van der Waals surface area contributed by atoms with Gasteiger partial charge in [-0.25, -0.2) is 4.98 Å². The number of benzene rings is 1. The van der Waals surface area contributed by atoms with E-state index in [9.17, 15) is 4.79 Å². The van der Waals surface area contributed by atoms with Gasteiger partial charge in [0, 0.05) is 30.0 Å². The van der Waals surface area contributed by atoms with Gasteiger partial charge < -0.3 is 19.4 Å². The largest absolute Gasteiger partial charge is 0.493 e. The van der Waals surface area contributed by atoms with Gasteiger partial charge in [-0.3, -0.25) is 4.79 Å². The molecular formula is C14H13N3O3. The standard InChI is InChI=1S/C14H13N3O3/c1-19-11-6-9-10(7-12(11)20-2)17-14(16-9)8-3-4-15-13(18)5-8/h3-7H,1-2H3,(H,15,18)(H,16,17). The normalized spacial score (nSPS) is 10.7. The summed E-state index contributed by atoms with van der Waals surface area (Å²) < 4.78 is 10.5. The zero-order valence-electron chi connectivity index (χ0n) is 11.1. The van der Waals surface area contributed by atoms with Crippen LogP contribution in [-0.4, -0.2) is 29.2 Å². The predicted octanol–water partition coefficient (Wildman–Crippen LogP) is 1.94. The molecule has 0 fully saturated rings. The van der Waals surface area contributed by atoms with E-state index in [-0.39, 0.29) is 5.56 Å². The molecule has 2 N–H and O–H groups in total. The van der Waals surface area contributed by atoms with E-state index in [1.807, 2.05) is 6.07 Å². The lowest BCUT2D eigenvalue weighted by Crippen LogP contribution is -2.02. The summed E-state index contributed by atoms with van der Waals surface area (Å²) in [5.74, 6) is 1.87. The Morgan fingerprint density at radius 2 is 1.85 bits per heavy atom. The van der Waals surface area contributed by atoms with Crippen LogP contribution >= 0.6 is 0 Å². The molecule has 0 atom stereocenters. The first kappa shape index (κ1) is 12.3. The number of fused-ring (bicyclic) bond motifs is 1. The lowest BCUT2D eigenvalue weighted by atomic mass is 10.2. The van der Waals surface area contributed by atoms with Crippen LogP contribution in [0.5, 0.6) is 11.5 Å². The van der Waals surface area contributed by atoms with Crippen LogP contribution in [0.15, 0.2) is 35.3 Å². The minimum Gasteiger partial charge on any atom is -0.493 e. The van der Waals surface area contributed by atoms with Crippen molar-refractivity contribution in [3.63, 3.8) is 0 Å². The van der Waals surface area contributed by atoms with Gasteiger partial charge in [0.1, 0.15) is 5.82 Å². The van der Waals surface area contributed by atoms with Gasteiger partial charge in [-0.1, -0.05) is 0 Å². The molecule has 0 spiro atoms. The molecule has 102 valence electrons. The number of H-pyrrole nitrogens is 2. The van der Waals surface area contributed by atoms with Crippen LogP contribution in [0.2, 0.25) is 0 Å². The number of methoxy groups -OCH3 is 2. The quantitative estimate of drug-likeness (QED) is 0.762. The molecule has 0 aliphatic carbocycles. The van der Waals surface area contributed by atoms with E-state index < -0.39 is 0 Å². The summed E-state index contributed by atoms with van der Waals surface area (Å²) in [7, 11) is 3.16. The second-order valence-corrected chi connectivity index (χ2v) is 4.25. The Labute approximate surface area is 114 Å². The third-order valence-electron chi connectivity index (χ3n) is 3.04. The molecule has 0 unspecified atom stereocenters. The fourth-order valence-corrected chi connectivity index (χ4v) is 2.07. The average molecular weight is 271 g/mol. The number of ether oxygens (including phenoxy) is 2. The van der Waals surface area contributed by atoms with Gasteiger partial charge in [-0.15, -0.1) is 0 Å². The maximum atomic E-state index is 11.3. The first-order chi connectivity index (χ1) is 9.71. The summed E-state index contributed by atoms with van der Waals surface area (Å²) in [6, 6.07) is 6.89. The smallest absolute Gasteiger partial charge is 0.248 e. The van der Waals surface area contributed by atoms with Crippen LogP contribution in [-0.2, 0) is 0 Å². The van der Waals surface area contributed by atoms with Gasteiger partial charge >= 0.3 is 0 Å². The average Bonchev–Trinajstić information content (AvgIpc) is 2.88. The van der Waals surface area contributed by atoms with E-state index in [0.29, 0.717) is 17.3 Å². The number of hydrogen-bond donors (Lipinski definition) is 2. The number of nitrogens with zero attached hydrogens (tertiary/aromatic N) is 1. The number of rotatable bonds is 3. The second-order valence-electron chi connectivity index (χ2n) is 4.25. The van der Waals surface area contributed by atoms with E-state index in [0.717, 1.165) is 16.6 Å². The summed E-state index contributed by atoms with van der Waals surface area (Å²) in [4.78, 5) is 21.5. The van der Waals surface area contributed by atoms with Crippen LogP contribution in [0.3, 0.4) is 0 Å². The molecule has 0 amide bonds. The second kappa shape index (κ2) is 4.73. The Hall–Kier alpha value is -2.76. The summed E-state index contributed by atoms with van der Waals surface area (Å²) in [6.07, 6.45) is 1.59. The molecule has 0 saturated carbocycles. The Bertz CT molecular complexity index is 779. The van der Waals surface area contributed by atoms with Gasteiger partial charge in [0.15, 0.2) is 11.5 Å². The van der Waals surface area contributed by atoms with E-state index >= 15 is 0 Å². The molecule has 3 rings (SSSR count). The Morgan fingerprint density at radius 1 is 1.10 bits per heavy atom. The van der Waals surface area contributed by atoms with E-state index in [1.54, 1.807) is 32.5 Å². The van der Waals surface area contributed by atoms with Gasteiger partial charge in [0.2, 0.25) is 5.56 Å². The van der Waals surface area contributed by atoms with Crippen molar-refractivity contribution in [2.24, 2.45) is 0 Å². The summed E-state index contributed by atoms with van der Waals surface area (Å²) in [6.45, 7) is 0. The molecule has 0 saturated heterocycles. The monoisotopic (exact) mass is 271 g/mol. The van der Waals surface area contributed by atoms with Gasteiger partial charge in [-0.05, 0) is 6.07 Å². The molecule has 2 heterocycles. The Morgan fingerprint density at radius 3 is 2.55 bits per heavy atom. The highest BCUT2D eigenvalue weighted by molar-refractivity contribution is 5.83. The molecule has 0 aliphatic heterocycles. The van der Waals surface area contributed by atoms with Crippen molar-refractivity contribution in [2.75, 3.05) is 14.2 Å². The summed E-state index contributed by atoms with van der Waals surface area (Å²) >= 11 is 0. The first-order valence-electron chi connectivity index (χ1n) is 6.02. The highest BCUT2D eigenvalue weighted by Gasteiger charge is 2.11. The van der Waals surface area contributed by atoms with Crippen molar-refractivity contribution in [2.45, 2.75) is 0 Å². The maximum Gasteiger partial charge on any atom is 0.248 e.